The van der Waals surface area contributed by atoms with Crippen LogP contribution in [-0.4, -0.2) is 59.7 Å². The average molecular weight is 389 g/mol. The highest BCUT2D eigenvalue weighted by atomic mass is 16.7. The lowest BCUT2D eigenvalue weighted by molar-refractivity contribution is -0.239. The van der Waals surface area contributed by atoms with E-state index in [9.17, 15) is 20.2 Å². The molecule has 1 aliphatic rings. The van der Waals surface area contributed by atoms with Crippen molar-refractivity contribution >= 4 is 0 Å². The predicted octanol–water partition coefficient (Wildman–Crippen LogP) is 1.24. The third-order valence-electron chi connectivity index (χ3n) is 4.74. The molecule has 0 radical (unpaired) electrons. The number of methoxy groups -OCH3 is 1. The topological polar surface area (TPSA) is 118 Å². The molecule has 28 heavy (non-hydrogen) atoms. The molecule has 0 spiro atoms. The monoisotopic (exact) mass is 389 g/mol. The fraction of sp³-hybridized carbons (Fsp3) is 0.400. The molecule has 0 unspecified atom stereocenters. The molecule has 1 heterocycles. The zero-order chi connectivity index (χ0) is 20.1. The summed E-state index contributed by atoms with van der Waals surface area (Å²) in [5.41, 5.74) is 1.86. The van der Waals surface area contributed by atoms with E-state index >= 15 is 0 Å². The van der Waals surface area contributed by atoms with Crippen LogP contribution in [-0.2, 0) is 11.2 Å². The summed E-state index contributed by atoms with van der Waals surface area (Å²) in [5, 5.41) is 32.2. The van der Waals surface area contributed by atoms with Crippen molar-refractivity contribution in [1.82, 2.24) is 0 Å². The molecule has 150 valence electrons. The molecule has 1 fully saturated rings. The fourth-order valence-corrected chi connectivity index (χ4v) is 3.13. The summed E-state index contributed by atoms with van der Waals surface area (Å²) in [6.07, 6.45) is -4.68. The van der Waals surface area contributed by atoms with Gasteiger partial charge in [-0.15, -0.1) is 0 Å². The number of rotatable bonds is 7. The van der Waals surface area contributed by atoms with Gasteiger partial charge in [0.25, 0.3) is 0 Å². The first kappa shape index (κ1) is 20.2. The minimum Gasteiger partial charge on any atom is -0.497 e. The molecule has 0 bridgehead atoms. The van der Waals surface area contributed by atoms with Crippen molar-refractivity contribution < 1.29 is 29.5 Å². The minimum absolute atomic E-state index is 0.456. The summed E-state index contributed by atoms with van der Waals surface area (Å²) < 4.78 is 16.5. The van der Waals surface area contributed by atoms with Crippen LogP contribution in [0.4, 0.5) is 0 Å². The summed E-state index contributed by atoms with van der Waals surface area (Å²) in [5.74, 6) is 1.21. The Hall–Kier alpha value is -2.52. The molecule has 3 rings (SSSR count). The Morgan fingerprint density at radius 2 is 1.79 bits per heavy atom. The first-order valence-corrected chi connectivity index (χ1v) is 8.89. The standard InChI is InChI=1S/C20H23NO7/c1-26-14-8-6-12(7-9-14)10-13-4-2-3-5-15(13)27-20-17(21-25)19(24)18(23)16(11-22)28-20/h2-9,16-20,22-24H,10-11H2,1H3/t16-,17-,18-,19-,20-/m1/s1. The SMILES string of the molecule is COc1ccc(Cc2ccccc2O[C@@H]2O[C@H](CO)[C@@H](O)[C@H](O)[C@H]2N=O)cc1. The Kier molecular flexibility index (Phi) is 6.58. The molecule has 2 aromatic carbocycles. The number of para-hydroxylation sites is 1. The van der Waals surface area contributed by atoms with Crippen LogP contribution in [0.5, 0.6) is 11.5 Å². The first-order chi connectivity index (χ1) is 13.6. The van der Waals surface area contributed by atoms with Crippen molar-refractivity contribution in [2.45, 2.75) is 37.1 Å². The van der Waals surface area contributed by atoms with Crippen molar-refractivity contribution in [3.63, 3.8) is 0 Å². The quantitative estimate of drug-likeness (QED) is 0.610. The van der Waals surface area contributed by atoms with Crippen molar-refractivity contribution in [3.05, 3.63) is 64.6 Å². The molecule has 0 aliphatic carbocycles. The summed E-state index contributed by atoms with van der Waals surface area (Å²) in [7, 11) is 1.60. The van der Waals surface area contributed by atoms with Crippen LogP contribution < -0.4 is 9.47 Å². The zero-order valence-corrected chi connectivity index (χ0v) is 15.3. The van der Waals surface area contributed by atoms with Crippen molar-refractivity contribution in [2.24, 2.45) is 5.18 Å². The van der Waals surface area contributed by atoms with Crippen molar-refractivity contribution in [3.8, 4) is 11.5 Å². The maximum absolute atomic E-state index is 11.2. The number of hydrogen-bond donors (Lipinski definition) is 3. The van der Waals surface area contributed by atoms with Gasteiger partial charge in [0.1, 0.15) is 29.8 Å². The van der Waals surface area contributed by atoms with Crippen molar-refractivity contribution in [2.75, 3.05) is 13.7 Å². The lowest BCUT2D eigenvalue weighted by atomic mass is 9.97. The highest BCUT2D eigenvalue weighted by molar-refractivity contribution is 5.39. The summed E-state index contributed by atoms with van der Waals surface area (Å²) >= 11 is 0. The van der Waals surface area contributed by atoms with Gasteiger partial charge in [-0.25, -0.2) is 0 Å². The normalized spacial score (nSPS) is 27.2. The summed E-state index contributed by atoms with van der Waals surface area (Å²) in [6.45, 7) is -0.531. The second-order valence-electron chi connectivity index (χ2n) is 6.55. The Morgan fingerprint density at radius 1 is 1.07 bits per heavy atom. The molecular weight excluding hydrogens is 366 g/mol. The van der Waals surface area contributed by atoms with Crippen LogP contribution in [0.15, 0.2) is 53.7 Å². The predicted molar refractivity (Wildman–Crippen MR) is 100 cm³/mol. The van der Waals surface area contributed by atoms with Gasteiger partial charge in [-0.2, -0.15) is 4.91 Å². The van der Waals surface area contributed by atoms with Crippen LogP contribution in [0.2, 0.25) is 0 Å². The van der Waals surface area contributed by atoms with Gasteiger partial charge < -0.3 is 29.5 Å². The lowest BCUT2D eigenvalue weighted by Crippen LogP contribution is -2.59. The Morgan fingerprint density at radius 3 is 2.43 bits per heavy atom. The van der Waals surface area contributed by atoms with Crippen LogP contribution >= 0.6 is 0 Å². The van der Waals surface area contributed by atoms with Crippen LogP contribution in [0.3, 0.4) is 0 Å². The maximum atomic E-state index is 11.2. The van der Waals surface area contributed by atoms with Crippen LogP contribution in [0.1, 0.15) is 11.1 Å². The third-order valence-corrected chi connectivity index (χ3v) is 4.74. The van der Waals surface area contributed by atoms with Gasteiger partial charge >= 0.3 is 0 Å². The number of benzene rings is 2. The van der Waals surface area contributed by atoms with E-state index in [1.54, 1.807) is 19.2 Å². The second kappa shape index (κ2) is 9.11. The second-order valence-corrected chi connectivity index (χ2v) is 6.55. The molecule has 8 heteroatoms. The van der Waals surface area contributed by atoms with Crippen molar-refractivity contribution in [1.29, 1.82) is 0 Å². The van der Waals surface area contributed by atoms with Gasteiger partial charge in [-0.05, 0) is 29.3 Å². The van der Waals surface area contributed by atoms with Crippen LogP contribution in [0.25, 0.3) is 0 Å². The molecule has 5 atom stereocenters. The zero-order valence-electron chi connectivity index (χ0n) is 15.3. The molecule has 0 aromatic heterocycles. The van der Waals surface area contributed by atoms with E-state index in [1.165, 1.54) is 0 Å². The average Bonchev–Trinajstić information content (AvgIpc) is 2.72. The van der Waals surface area contributed by atoms with E-state index in [-0.39, 0.29) is 0 Å². The van der Waals surface area contributed by atoms with E-state index in [0.29, 0.717) is 12.2 Å². The number of nitroso groups, excluding NO2 is 1. The van der Waals surface area contributed by atoms with Gasteiger partial charge in [0.2, 0.25) is 6.29 Å². The number of nitrogens with zero attached hydrogens (tertiary/aromatic N) is 1. The molecule has 8 nitrogen and oxygen atoms in total. The maximum Gasteiger partial charge on any atom is 0.229 e. The largest absolute Gasteiger partial charge is 0.497 e. The molecule has 3 N–H and O–H groups in total. The van der Waals surface area contributed by atoms with E-state index in [4.69, 9.17) is 14.2 Å². The summed E-state index contributed by atoms with van der Waals surface area (Å²) in [4.78, 5) is 11.2. The van der Waals surface area contributed by atoms with Gasteiger partial charge in [0, 0.05) is 6.42 Å². The fourth-order valence-electron chi connectivity index (χ4n) is 3.13. The lowest BCUT2D eigenvalue weighted by Gasteiger charge is -2.39. The Balaban J connectivity index is 1.80. The van der Waals surface area contributed by atoms with Gasteiger partial charge in [0.15, 0.2) is 6.04 Å². The molecule has 2 aromatic rings. The molecular formula is C20H23NO7. The van der Waals surface area contributed by atoms with Gasteiger partial charge in [0.05, 0.1) is 13.7 Å². The number of aliphatic hydroxyl groups excluding tert-OH is 3. The number of ether oxygens (including phenoxy) is 3. The number of aliphatic hydroxyl groups is 3. The van der Waals surface area contributed by atoms with E-state index in [1.807, 2.05) is 36.4 Å². The third kappa shape index (κ3) is 4.31. The smallest absolute Gasteiger partial charge is 0.229 e. The minimum atomic E-state index is -1.50. The van der Waals surface area contributed by atoms with Crippen LogP contribution in [0, 0.1) is 4.91 Å². The number of hydrogen-bond acceptors (Lipinski definition) is 8. The molecule has 1 aliphatic heterocycles. The highest BCUT2D eigenvalue weighted by Gasteiger charge is 2.46. The van der Waals surface area contributed by atoms with Gasteiger partial charge in [-0.1, -0.05) is 35.5 Å². The highest BCUT2D eigenvalue weighted by Crippen LogP contribution is 2.29. The van der Waals surface area contributed by atoms with E-state index < -0.39 is 37.3 Å². The Labute approximate surface area is 162 Å². The first-order valence-electron chi connectivity index (χ1n) is 8.89. The van der Waals surface area contributed by atoms with E-state index in [2.05, 4.69) is 5.18 Å². The molecule has 0 saturated carbocycles. The van der Waals surface area contributed by atoms with E-state index in [0.717, 1.165) is 16.9 Å². The summed E-state index contributed by atoms with van der Waals surface area (Å²) in [6, 6.07) is 13.5. The molecule has 0 amide bonds. The van der Waals surface area contributed by atoms with Gasteiger partial charge in [-0.3, -0.25) is 0 Å². The molecule has 1 saturated heterocycles. The Bertz CT molecular complexity index is 782.